The highest BCUT2D eigenvalue weighted by Crippen LogP contribution is 2.15. The standard InChI is InChI=1S/C20H36NO.BrH/c1-4-5-6-7-8-9-10-11-12-16-19-21(2,3)22-20-17-14-13-15-18-20;/h13-15,17-18H,4-12,16,19H2,1-3H3;1H/q+1;/p-1. The number of para-hydroxylation sites is 1. The van der Waals surface area contributed by atoms with Crippen molar-refractivity contribution in [2.75, 3.05) is 20.6 Å². The molecule has 23 heavy (non-hydrogen) atoms. The van der Waals surface area contributed by atoms with E-state index >= 15 is 0 Å². The Morgan fingerprint density at radius 1 is 0.739 bits per heavy atom. The molecule has 0 bridgehead atoms. The van der Waals surface area contributed by atoms with Gasteiger partial charge >= 0.3 is 0 Å². The van der Waals surface area contributed by atoms with Crippen LogP contribution in [0.25, 0.3) is 0 Å². The fraction of sp³-hybridized carbons (Fsp3) is 0.700. The predicted molar refractivity (Wildman–Crippen MR) is 95.9 cm³/mol. The van der Waals surface area contributed by atoms with Crippen molar-refractivity contribution in [3.05, 3.63) is 30.3 Å². The Kier molecular flexibility index (Phi) is 13.5. The molecule has 0 N–H and O–H groups in total. The lowest BCUT2D eigenvalue weighted by Gasteiger charge is -2.27. The van der Waals surface area contributed by atoms with Gasteiger partial charge in [0.15, 0.2) is 5.75 Å². The molecular formula is C20H36BrNO. The maximum Gasteiger partial charge on any atom is 0.190 e. The second-order valence-corrected chi connectivity index (χ2v) is 6.88. The molecule has 0 saturated carbocycles. The first-order valence-electron chi connectivity index (χ1n) is 9.22. The minimum Gasteiger partial charge on any atom is -1.00 e. The highest BCUT2D eigenvalue weighted by molar-refractivity contribution is 5.20. The van der Waals surface area contributed by atoms with E-state index in [4.69, 9.17) is 4.84 Å². The van der Waals surface area contributed by atoms with Gasteiger partial charge in [0, 0.05) is 6.42 Å². The Morgan fingerprint density at radius 3 is 1.74 bits per heavy atom. The summed E-state index contributed by atoms with van der Waals surface area (Å²) in [5, 5.41) is 0. The van der Waals surface area contributed by atoms with Crippen molar-refractivity contribution < 1.29 is 26.5 Å². The minimum atomic E-state index is 0. The van der Waals surface area contributed by atoms with Crippen LogP contribution >= 0.6 is 0 Å². The molecule has 2 nitrogen and oxygen atoms in total. The summed E-state index contributed by atoms with van der Waals surface area (Å²) >= 11 is 0. The van der Waals surface area contributed by atoms with Crippen LogP contribution in [0.2, 0.25) is 0 Å². The SMILES string of the molecule is CCCCCCCCCCCC[N+](C)(C)Oc1ccccc1.[Br-]. The van der Waals surface area contributed by atoms with E-state index in [0.717, 1.165) is 12.3 Å². The lowest BCUT2D eigenvalue weighted by atomic mass is 10.1. The first-order valence-corrected chi connectivity index (χ1v) is 9.22. The third kappa shape index (κ3) is 12.5. The Balaban J connectivity index is 0.00000484. The molecule has 3 heteroatoms. The van der Waals surface area contributed by atoms with E-state index in [9.17, 15) is 0 Å². The maximum atomic E-state index is 6.02. The summed E-state index contributed by atoms with van der Waals surface area (Å²) in [6, 6.07) is 10.1. The average Bonchev–Trinajstić information content (AvgIpc) is 2.49. The summed E-state index contributed by atoms with van der Waals surface area (Å²) in [5.41, 5.74) is 0. The number of rotatable bonds is 13. The van der Waals surface area contributed by atoms with Gasteiger partial charge < -0.3 is 21.8 Å². The Morgan fingerprint density at radius 2 is 1.22 bits per heavy atom. The quantitative estimate of drug-likeness (QED) is 0.288. The van der Waals surface area contributed by atoms with Crippen LogP contribution in [0.1, 0.15) is 71.1 Å². The van der Waals surface area contributed by atoms with Gasteiger partial charge in [0.1, 0.15) is 20.6 Å². The highest BCUT2D eigenvalue weighted by Gasteiger charge is 2.17. The summed E-state index contributed by atoms with van der Waals surface area (Å²) in [7, 11) is 4.28. The van der Waals surface area contributed by atoms with Gasteiger partial charge in [-0.25, -0.2) is 0 Å². The second kappa shape index (κ2) is 13.9. The van der Waals surface area contributed by atoms with Gasteiger partial charge in [-0.05, 0) is 18.6 Å². The monoisotopic (exact) mass is 385 g/mol. The van der Waals surface area contributed by atoms with Gasteiger partial charge in [-0.15, -0.1) is 4.65 Å². The predicted octanol–water partition coefficient (Wildman–Crippen LogP) is 2.98. The van der Waals surface area contributed by atoms with Crippen LogP contribution < -0.4 is 21.8 Å². The summed E-state index contributed by atoms with van der Waals surface area (Å²) in [6.07, 6.45) is 13.8. The normalized spacial score (nSPS) is 11.1. The van der Waals surface area contributed by atoms with Crippen molar-refractivity contribution in [1.29, 1.82) is 0 Å². The summed E-state index contributed by atoms with van der Waals surface area (Å²) < 4.78 is 0.612. The topological polar surface area (TPSA) is 9.23 Å². The van der Waals surface area contributed by atoms with Gasteiger partial charge in [0.2, 0.25) is 0 Å². The molecule has 0 heterocycles. The van der Waals surface area contributed by atoms with Gasteiger partial charge in [0.05, 0.1) is 0 Å². The fourth-order valence-electron chi connectivity index (χ4n) is 2.79. The maximum absolute atomic E-state index is 6.02. The molecule has 1 aromatic rings. The first kappa shape index (κ1) is 22.5. The van der Waals surface area contributed by atoms with Gasteiger partial charge in [-0.1, -0.05) is 76.5 Å². The van der Waals surface area contributed by atoms with Crippen molar-refractivity contribution in [2.24, 2.45) is 0 Å². The first-order chi connectivity index (χ1) is 10.6. The fourth-order valence-corrected chi connectivity index (χ4v) is 2.79. The molecule has 0 fully saturated rings. The minimum absolute atomic E-state index is 0. The van der Waals surface area contributed by atoms with E-state index in [1.807, 2.05) is 30.3 Å². The molecule has 1 aromatic carbocycles. The van der Waals surface area contributed by atoms with Crippen LogP contribution in [0.3, 0.4) is 0 Å². The number of halogens is 1. The number of quaternary nitrogens is 1. The molecule has 0 atom stereocenters. The zero-order valence-corrected chi connectivity index (χ0v) is 17.0. The molecule has 0 spiro atoms. The molecule has 0 aliphatic carbocycles. The van der Waals surface area contributed by atoms with Gasteiger partial charge in [-0.2, -0.15) is 0 Å². The number of hydrogen-bond donors (Lipinski definition) is 0. The van der Waals surface area contributed by atoms with E-state index in [0.29, 0.717) is 4.65 Å². The smallest absolute Gasteiger partial charge is 0.190 e. The molecule has 0 radical (unpaired) electrons. The Labute approximate surface area is 154 Å². The molecular weight excluding hydrogens is 350 g/mol. The van der Waals surface area contributed by atoms with E-state index in [2.05, 4.69) is 21.0 Å². The molecule has 0 amide bonds. The van der Waals surface area contributed by atoms with Crippen LogP contribution in [0.5, 0.6) is 5.75 Å². The van der Waals surface area contributed by atoms with Crippen LogP contribution in [0, 0.1) is 0 Å². The number of hydroxylamine groups is 3. The number of hydrogen-bond acceptors (Lipinski definition) is 1. The molecule has 0 unspecified atom stereocenters. The second-order valence-electron chi connectivity index (χ2n) is 6.88. The summed E-state index contributed by atoms with van der Waals surface area (Å²) in [4.78, 5) is 6.02. The molecule has 0 aliphatic heterocycles. The van der Waals surface area contributed by atoms with Crippen molar-refractivity contribution in [1.82, 2.24) is 0 Å². The van der Waals surface area contributed by atoms with Gasteiger partial charge in [0.25, 0.3) is 0 Å². The largest absolute Gasteiger partial charge is 1.00 e. The zero-order chi connectivity index (χ0) is 16.1. The van der Waals surface area contributed by atoms with Crippen LogP contribution in [-0.2, 0) is 0 Å². The Hall–Kier alpha value is -0.540. The lowest BCUT2D eigenvalue weighted by Crippen LogP contribution is -3.00. The van der Waals surface area contributed by atoms with Crippen molar-refractivity contribution in [2.45, 2.75) is 71.1 Å². The average molecular weight is 386 g/mol. The van der Waals surface area contributed by atoms with E-state index < -0.39 is 0 Å². The van der Waals surface area contributed by atoms with E-state index in [1.54, 1.807) is 0 Å². The van der Waals surface area contributed by atoms with E-state index in [-0.39, 0.29) is 17.0 Å². The zero-order valence-electron chi connectivity index (χ0n) is 15.4. The molecule has 1 rings (SSSR count). The van der Waals surface area contributed by atoms with Crippen LogP contribution in [0.15, 0.2) is 30.3 Å². The van der Waals surface area contributed by atoms with Gasteiger partial charge in [-0.3, -0.25) is 0 Å². The third-order valence-electron chi connectivity index (χ3n) is 4.15. The van der Waals surface area contributed by atoms with Crippen LogP contribution in [-0.4, -0.2) is 25.3 Å². The number of unbranched alkanes of at least 4 members (excludes halogenated alkanes) is 9. The molecule has 0 aliphatic rings. The highest BCUT2D eigenvalue weighted by atomic mass is 79.9. The van der Waals surface area contributed by atoms with Crippen LogP contribution in [0.4, 0.5) is 0 Å². The van der Waals surface area contributed by atoms with Crippen molar-refractivity contribution in [3.8, 4) is 5.75 Å². The Bertz CT molecular complexity index is 367. The van der Waals surface area contributed by atoms with Crippen molar-refractivity contribution >= 4 is 0 Å². The summed E-state index contributed by atoms with van der Waals surface area (Å²) in [6.45, 7) is 3.35. The molecule has 0 aromatic heterocycles. The number of nitrogens with zero attached hydrogens (tertiary/aromatic N) is 1. The number of benzene rings is 1. The molecule has 0 saturated heterocycles. The third-order valence-corrected chi connectivity index (χ3v) is 4.15. The van der Waals surface area contributed by atoms with Crippen molar-refractivity contribution in [3.63, 3.8) is 0 Å². The lowest BCUT2D eigenvalue weighted by molar-refractivity contribution is -1.05. The molecule has 134 valence electrons. The van der Waals surface area contributed by atoms with E-state index in [1.165, 1.54) is 64.2 Å². The summed E-state index contributed by atoms with van der Waals surface area (Å²) in [5.74, 6) is 0.958.